The number of hydrogen-bond donors (Lipinski definition) is 1. The highest BCUT2D eigenvalue weighted by molar-refractivity contribution is 8.44. The van der Waals surface area contributed by atoms with Crippen molar-refractivity contribution in [1.82, 2.24) is 0 Å². The van der Waals surface area contributed by atoms with Crippen LogP contribution in [0.15, 0.2) is 25.4 Å². The molecule has 2 aliphatic heterocycles. The first-order valence-electron chi connectivity index (χ1n) is 6.70. The topological polar surface area (TPSA) is 35.2 Å². The lowest BCUT2D eigenvalue weighted by molar-refractivity contribution is 0.158. The second-order valence-corrected chi connectivity index (χ2v) is 13.2. The Kier molecular flexibility index (Phi) is 10.7. The largest absolute Gasteiger partial charge is 0.379 e. The summed E-state index contributed by atoms with van der Waals surface area (Å²) in [6.07, 6.45) is 6.49. The molecular weight excluding hydrogens is 443 g/mol. The van der Waals surface area contributed by atoms with Gasteiger partial charge in [-0.2, -0.15) is 0 Å². The molecule has 0 aromatic rings. The van der Waals surface area contributed by atoms with E-state index >= 15 is 0 Å². The molecule has 0 aromatic heterocycles. The summed E-state index contributed by atoms with van der Waals surface area (Å²) in [6.45, 7) is 2.02. The Balaban J connectivity index is 1.93. The van der Waals surface area contributed by atoms with Crippen LogP contribution in [0.4, 0.5) is 0 Å². The zero-order valence-electron chi connectivity index (χ0n) is 13.1. The minimum absolute atomic E-state index is 0.598. The van der Waals surface area contributed by atoms with Gasteiger partial charge in [-0.25, -0.2) is 0 Å². The minimum atomic E-state index is 0.598. The van der Waals surface area contributed by atoms with E-state index in [0.29, 0.717) is 13.2 Å². The summed E-state index contributed by atoms with van der Waals surface area (Å²) in [5.74, 6) is 0.986. The van der Waals surface area contributed by atoms with Crippen molar-refractivity contribution < 1.29 is 4.74 Å². The average Bonchev–Trinajstić information content (AvgIpc) is 3.17. The maximum atomic E-state index is 5.47. The fourth-order valence-electron chi connectivity index (χ4n) is 1.55. The second-order valence-electron chi connectivity index (χ2n) is 3.99. The molecule has 0 aliphatic carbocycles. The summed E-state index contributed by atoms with van der Waals surface area (Å²) >= 11 is 15.2. The van der Waals surface area contributed by atoms with Crippen LogP contribution in [0.1, 0.15) is 0 Å². The molecule has 0 spiro atoms. The van der Waals surface area contributed by atoms with Crippen LogP contribution in [-0.2, 0) is 4.74 Å². The van der Waals surface area contributed by atoms with Gasteiger partial charge >= 0.3 is 0 Å². The molecular formula is C13H19NOS8. The first kappa shape index (κ1) is 21.2. The molecule has 0 atom stereocenters. The third-order valence-electron chi connectivity index (χ3n) is 2.52. The summed E-state index contributed by atoms with van der Waals surface area (Å²) in [7, 11) is 0. The smallest absolute Gasteiger partial charge is 0.0717 e. The molecule has 0 unspecified atom stereocenters. The lowest BCUT2D eigenvalue weighted by Crippen LogP contribution is -2.09. The first-order valence-corrected chi connectivity index (χ1v) is 14.6. The molecule has 23 heavy (non-hydrogen) atoms. The van der Waals surface area contributed by atoms with E-state index in [1.54, 1.807) is 0 Å². The maximum absolute atomic E-state index is 5.47. The second kappa shape index (κ2) is 11.6. The van der Waals surface area contributed by atoms with E-state index < -0.39 is 0 Å². The molecule has 2 heterocycles. The fraction of sp³-hybridized carbons (Fsp3) is 0.538. The van der Waals surface area contributed by atoms with Crippen molar-refractivity contribution >= 4 is 94.1 Å². The standard InChI is InChI=1S/C13H19NOS8/c1-16-8-9(17-2)21-12(20-8)13-22-10(18-3)11(23-13)19-7-6-15-5-4-14/h4-7,14H2,1-3H3. The van der Waals surface area contributed by atoms with Crippen molar-refractivity contribution in [1.29, 1.82) is 0 Å². The Morgan fingerprint density at radius 2 is 1.26 bits per heavy atom. The first-order chi connectivity index (χ1) is 11.2. The quantitative estimate of drug-likeness (QED) is 0.405. The fourth-order valence-corrected chi connectivity index (χ4v) is 12.2. The predicted molar refractivity (Wildman–Crippen MR) is 124 cm³/mol. The van der Waals surface area contributed by atoms with Gasteiger partial charge in [0.1, 0.15) is 0 Å². The minimum Gasteiger partial charge on any atom is -0.379 e. The van der Waals surface area contributed by atoms with Gasteiger partial charge in [0.05, 0.1) is 38.6 Å². The van der Waals surface area contributed by atoms with Gasteiger partial charge in [-0.3, -0.25) is 0 Å². The van der Waals surface area contributed by atoms with Crippen molar-refractivity contribution in [2.24, 2.45) is 5.73 Å². The van der Waals surface area contributed by atoms with Gasteiger partial charge in [-0.1, -0.05) is 47.0 Å². The number of thioether (sulfide) groups is 8. The van der Waals surface area contributed by atoms with E-state index in [-0.39, 0.29) is 0 Å². The lowest BCUT2D eigenvalue weighted by atomic mass is 10.7. The van der Waals surface area contributed by atoms with Crippen LogP contribution >= 0.6 is 94.1 Å². The molecule has 0 radical (unpaired) electrons. The SMILES string of the molecule is CSC1=C(SC)SC(=C2SC(SC)=C(SCCOCCN)S2)S1. The average molecular weight is 462 g/mol. The van der Waals surface area contributed by atoms with E-state index in [1.807, 2.05) is 94.1 Å². The molecule has 2 N–H and O–H groups in total. The molecule has 0 saturated heterocycles. The van der Waals surface area contributed by atoms with Gasteiger partial charge in [0.25, 0.3) is 0 Å². The van der Waals surface area contributed by atoms with Crippen LogP contribution in [0.5, 0.6) is 0 Å². The van der Waals surface area contributed by atoms with Crippen molar-refractivity contribution in [2.45, 2.75) is 0 Å². The Hall–Kier alpha value is 1.94. The summed E-state index contributed by atoms with van der Waals surface area (Å²) in [5.41, 5.74) is 5.44. The summed E-state index contributed by atoms with van der Waals surface area (Å²) in [6, 6.07) is 0. The van der Waals surface area contributed by atoms with Crippen molar-refractivity contribution in [2.75, 3.05) is 44.3 Å². The van der Waals surface area contributed by atoms with Crippen LogP contribution in [0, 0.1) is 0 Å². The van der Waals surface area contributed by atoms with Crippen LogP contribution < -0.4 is 5.73 Å². The molecule has 130 valence electrons. The highest BCUT2D eigenvalue weighted by Gasteiger charge is 2.29. The Bertz CT molecular complexity index is 498. The van der Waals surface area contributed by atoms with Crippen molar-refractivity contribution in [3.05, 3.63) is 25.4 Å². The number of rotatable bonds is 9. The molecule has 0 fully saturated rings. The van der Waals surface area contributed by atoms with Crippen molar-refractivity contribution in [3.8, 4) is 0 Å². The predicted octanol–water partition coefficient (Wildman–Crippen LogP) is 6.12. The highest BCUT2D eigenvalue weighted by Crippen LogP contribution is 2.65. The van der Waals surface area contributed by atoms with Gasteiger partial charge in [0, 0.05) is 12.3 Å². The van der Waals surface area contributed by atoms with Gasteiger partial charge < -0.3 is 10.5 Å². The third kappa shape index (κ3) is 6.25. The number of ether oxygens (including phenoxy) is 1. The van der Waals surface area contributed by atoms with Crippen LogP contribution in [0.25, 0.3) is 0 Å². The molecule has 10 heteroatoms. The van der Waals surface area contributed by atoms with Crippen molar-refractivity contribution in [3.63, 3.8) is 0 Å². The summed E-state index contributed by atoms with van der Waals surface area (Å²) in [5, 5.41) is 0. The normalized spacial score (nSPS) is 18.8. The zero-order chi connectivity index (χ0) is 16.7. The lowest BCUT2D eigenvalue weighted by Gasteiger charge is -2.04. The van der Waals surface area contributed by atoms with Crippen LogP contribution in [0.3, 0.4) is 0 Å². The number of hydrogen-bond acceptors (Lipinski definition) is 10. The third-order valence-corrected chi connectivity index (χ3v) is 13.6. The van der Waals surface area contributed by atoms with E-state index in [9.17, 15) is 0 Å². The van der Waals surface area contributed by atoms with Gasteiger partial charge in [0.2, 0.25) is 0 Å². The molecule has 0 bridgehead atoms. The van der Waals surface area contributed by atoms with E-state index in [0.717, 1.165) is 12.4 Å². The molecule has 0 saturated carbocycles. The monoisotopic (exact) mass is 461 g/mol. The van der Waals surface area contributed by atoms with E-state index in [2.05, 4.69) is 18.8 Å². The Morgan fingerprint density at radius 1 is 0.783 bits per heavy atom. The van der Waals surface area contributed by atoms with Crippen LogP contribution in [-0.4, -0.2) is 44.3 Å². The van der Waals surface area contributed by atoms with Gasteiger partial charge in [-0.15, -0.1) is 47.0 Å². The zero-order valence-corrected chi connectivity index (χ0v) is 19.6. The molecule has 2 nitrogen and oxygen atoms in total. The molecule has 0 aromatic carbocycles. The molecule has 0 amide bonds. The molecule has 2 aliphatic rings. The molecule has 2 rings (SSSR count). The Labute approximate surface area is 172 Å². The highest BCUT2D eigenvalue weighted by atomic mass is 32.3. The van der Waals surface area contributed by atoms with Gasteiger partial charge in [0.15, 0.2) is 0 Å². The maximum Gasteiger partial charge on any atom is 0.0717 e. The van der Waals surface area contributed by atoms with Crippen LogP contribution in [0.2, 0.25) is 0 Å². The summed E-state index contributed by atoms with van der Waals surface area (Å²) < 4.78 is 14.1. The van der Waals surface area contributed by atoms with E-state index in [1.165, 1.54) is 25.4 Å². The van der Waals surface area contributed by atoms with Gasteiger partial charge in [-0.05, 0) is 18.8 Å². The Morgan fingerprint density at radius 3 is 1.74 bits per heavy atom. The number of nitrogens with two attached hydrogens (primary N) is 1. The summed E-state index contributed by atoms with van der Waals surface area (Å²) in [4.78, 5) is 0. The van der Waals surface area contributed by atoms with E-state index in [4.69, 9.17) is 10.5 Å².